The summed E-state index contributed by atoms with van der Waals surface area (Å²) in [5.41, 5.74) is -1.65. The molecule has 1 saturated heterocycles. The van der Waals surface area contributed by atoms with Gasteiger partial charge in [-0.3, -0.25) is 4.79 Å². The molecule has 3 rings (SSSR count). The quantitative estimate of drug-likeness (QED) is 0.705. The molecule has 0 amide bonds. The molecule has 90 valence electrons. The maximum Gasteiger partial charge on any atom is 0.315 e. The Bertz CT molecular complexity index is 323. The maximum absolute atomic E-state index is 12.1. The number of fused-ring (bicyclic) bond motifs is 2. The maximum atomic E-state index is 12.1. The third-order valence-corrected chi connectivity index (χ3v) is 4.91. The van der Waals surface area contributed by atoms with Crippen molar-refractivity contribution in [3.8, 4) is 0 Å². The predicted octanol–water partition coefficient (Wildman–Crippen LogP) is 0.727. The molecule has 3 fully saturated rings. The zero-order chi connectivity index (χ0) is 11.4. The number of aliphatic hydroxyl groups is 1. The van der Waals surface area contributed by atoms with Gasteiger partial charge in [0.05, 0.1) is 20.3 Å². The van der Waals surface area contributed by atoms with Crippen LogP contribution in [0.15, 0.2) is 0 Å². The van der Waals surface area contributed by atoms with Gasteiger partial charge in [-0.1, -0.05) is 6.42 Å². The standard InChI is InChI=1S/C12H18O4/c1-15-10(13)12(11(14)6-16-7-11)5-8-2-3-9(12)4-8/h8-9,14H,2-7H2,1H3. The number of carbonyl (C=O) groups is 1. The normalized spacial score (nSPS) is 44.1. The Morgan fingerprint density at radius 1 is 1.44 bits per heavy atom. The van der Waals surface area contributed by atoms with E-state index in [1.165, 1.54) is 13.5 Å². The lowest BCUT2D eigenvalue weighted by atomic mass is 9.61. The van der Waals surface area contributed by atoms with Crippen molar-refractivity contribution in [1.29, 1.82) is 0 Å². The van der Waals surface area contributed by atoms with E-state index < -0.39 is 11.0 Å². The molecule has 0 aromatic rings. The highest BCUT2D eigenvalue weighted by Gasteiger charge is 2.69. The molecular formula is C12H18O4. The van der Waals surface area contributed by atoms with Crippen molar-refractivity contribution in [2.45, 2.75) is 31.3 Å². The summed E-state index contributed by atoms with van der Waals surface area (Å²) in [6, 6.07) is 0. The molecule has 2 aliphatic carbocycles. The van der Waals surface area contributed by atoms with Crippen molar-refractivity contribution >= 4 is 5.97 Å². The van der Waals surface area contributed by atoms with Gasteiger partial charge in [-0.05, 0) is 31.1 Å². The van der Waals surface area contributed by atoms with Gasteiger partial charge in [0.15, 0.2) is 0 Å². The van der Waals surface area contributed by atoms with Gasteiger partial charge in [0.25, 0.3) is 0 Å². The summed E-state index contributed by atoms with van der Waals surface area (Å²) in [7, 11) is 1.42. The van der Waals surface area contributed by atoms with Gasteiger partial charge >= 0.3 is 5.97 Å². The highest BCUT2D eigenvalue weighted by atomic mass is 16.6. The molecule has 3 aliphatic rings. The molecule has 0 aromatic carbocycles. The van der Waals surface area contributed by atoms with Crippen molar-refractivity contribution in [1.82, 2.24) is 0 Å². The van der Waals surface area contributed by atoms with E-state index >= 15 is 0 Å². The Hall–Kier alpha value is -0.610. The molecule has 1 aliphatic heterocycles. The summed E-state index contributed by atoms with van der Waals surface area (Å²) < 4.78 is 10.1. The number of carbonyl (C=O) groups excluding carboxylic acids is 1. The topological polar surface area (TPSA) is 55.8 Å². The average molecular weight is 226 g/mol. The second-order valence-electron chi connectivity index (χ2n) is 5.57. The summed E-state index contributed by atoms with van der Waals surface area (Å²) in [5.74, 6) is 0.651. The van der Waals surface area contributed by atoms with Gasteiger partial charge in [0.1, 0.15) is 11.0 Å². The van der Waals surface area contributed by atoms with Gasteiger partial charge in [-0.25, -0.2) is 0 Å². The summed E-state index contributed by atoms with van der Waals surface area (Å²) >= 11 is 0. The van der Waals surface area contributed by atoms with Crippen molar-refractivity contribution in [3.05, 3.63) is 0 Å². The highest BCUT2D eigenvalue weighted by Crippen LogP contribution is 2.62. The number of rotatable bonds is 2. The first-order valence-electron chi connectivity index (χ1n) is 6.01. The molecule has 1 heterocycles. The highest BCUT2D eigenvalue weighted by molar-refractivity contribution is 5.80. The molecular weight excluding hydrogens is 208 g/mol. The first-order chi connectivity index (χ1) is 7.62. The fourth-order valence-corrected chi connectivity index (χ4v) is 4.07. The lowest BCUT2D eigenvalue weighted by Gasteiger charge is -2.51. The van der Waals surface area contributed by atoms with Crippen molar-refractivity contribution in [3.63, 3.8) is 0 Å². The van der Waals surface area contributed by atoms with Gasteiger partial charge in [0.2, 0.25) is 0 Å². The summed E-state index contributed by atoms with van der Waals surface area (Å²) in [5, 5.41) is 10.6. The molecule has 0 aromatic heterocycles. The van der Waals surface area contributed by atoms with E-state index in [1.807, 2.05) is 0 Å². The van der Waals surface area contributed by atoms with Crippen LogP contribution in [0.5, 0.6) is 0 Å². The molecule has 0 radical (unpaired) electrons. The predicted molar refractivity (Wildman–Crippen MR) is 55.7 cm³/mol. The minimum Gasteiger partial charge on any atom is -0.468 e. The minimum atomic E-state index is -0.972. The zero-order valence-electron chi connectivity index (χ0n) is 9.57. The van der Waals surface area contributed by atoms with Gasteiger partial charge in [-0.15, -0.1) is 0 Å². The van der Waals surface area contributed by atoms with Crippen LogP contribution < -0.4 is 0 Å². The summed E-state index contributed by atoms with van der Waals surface area (Å²) in [6.45, 7) is 0.566. The monoisotopic (exact) mass is 226 g/mol. The van der Waals surface area contributed by atoms with E-state index in [-0.39, 0.29) is 19.2 Å². The second-order valence-corrected chi connectivity index (χ2v) is 5.57. The fraction of sp³-hybridized carbons (Fsp3) is 0.917. The molecule has 16 heavy (non-hydrogen) atoms. The Balaban J connectivity index is 1.98. The van der Waals surface area contributed by atoms with Crippen LogP contribution in [0.4, 0.5) is 0 Å². The fourth-order valence-electron chi connectivity index (χ4n) is 4.07. The first-order valence-corrected chi connectivity index (χ1v) is 6.01. The van der Waals surface area contributed by atoms with E-state index in [9.17, 15) is 9.90 Å². The van der Waals surface area contributed by atoms with Gasteiger partial charge in [0, 0.05) is 0 Å². The van der Waals surface area contributed by atoms with Gasteiger partial charge < -0.3 is 14.6 Å². The molecule has 3 atom stereocenters. The molecule has 0 spiro atoms. The van der Waals surface area contributed by atoms with Crippen LogP contribution in [0.2, 0.25) is 0 Å². The number of hydrogen-bond acceptors (Lipinski definition) is 4. The van der Waals surface area contributed by atoms with Crippen LogP contribution in [0.1, 0.15) is 25.7 Å². The largest absolute Gasteiger partial charge is 0.468 e. The zero-order valence-corrected chi connectivity index (χ0v) is 9.57. The van der Waals surface area contributed by atoms with Crippen LogP contribution in [-0.2, 0) is 14.3 Å². The molecule has 4 heteroatoms. The van der Waals surface area contributed by atoms with Crippen molar-refractivity contribution in [2.24, 2.45) is 17.3 Å². The smallest absolute Gasteiger partial charge is 0.315 e. The molecule has 2 bridgehead atoms. The summed E-state index contributed by atoms with van der Waals surface area (Å²) in [6.07, 6.45) is 4.09. The van der Waals surface area contributed by atoms with E-state index in [4.69, 9.17) is 9.47 Å². The average Bonchev–Trinajstić information content (AvgIpc) is 2.84. The lowest BCUT2D eigenvalue weighted by Crippen LogP contribution is -2.66. The SMILES string of the molecule is COC(=O)C1(C2(O)COC2)CC2CCC1C2. The first kappa shape index (κ1) is 10.5. The van der Waals surface area contributed by atoms with Gasteiger partial charge in [-0.2, -0.15) is 0 Å². The van der Waals surface area contributed by atoms with Crippen LogP contribution in [0.25, 0.3) is 0 Å². The molecule has 4 nitrogen and oxygen atoms in total. The van der Waals surface area contributed by atoms with Crippen LogP contribution in [0.3, 0.4) is 0 Å². The third-order valence-electron chi connectivity index (χ3n) is 4.91. The van der Waals surface area contributed by atoms with Crippen LogP contribution in [-0.4, -0.2) is 37.0 Å². The van der Waals surface area contributed by atoms with Crippen molar-refractivity contribution < 1.29 is 19.4 Å². The van der Waals surface area contributed by atoms with Crippen molar-refractivity contribution in [2.75, 3.05) is 20.3 Å². The summed E-state index contributed by atoms with van der Waals surface area (Å²) in [4.78, 5) is 12.1. The number of ether oxygens (including phenoxy) is 2. The lowest BCUT2D eigenvalue weighted by molar-refractivity contribution is -0.256. The number of methoxy groups -OCH3 is 1. The third kappa shape index (κ3) is 1.04. The Kier molecular flexibility index (Phi) is 2.11. The van der Waals surface area contributed by atoms with Crippen LogP contribution >= 0.6 is 0 Å². The van der Waals surface area contributed by atoms with Crippen LogP contribution in [0, 0.1) is 17.3 Å². The Labute approximate surface area is 94.9 Å². The number of hydrogen-bond donors (Lipinski definition) is 1. The molecule has 3 unspecified atom stereocenters. The van der Waals surface area contributed by atoms with E-state index in [1.54, 1.807) is 0 Å². The Morgan fingerprint density at radius 2 is 2.19 bits per heavy atom. The van der Waals surface area contributed by atoms with E-state index in [0.29, 0.717) is 11.8 Å². The van der Waals surface area contributed by atoms with E-state index in [0.717, 1.165) is 19.3 Å². The molecule has 2 saturated carbocycles. The second kappa shape index (κ2) is 3.20. The number of esters is 1. The minimum absolute atomic E-state index is 0.231. The van der Waals surface area contributed by atoms with E-state index in [2.05, 4.69) is 0 Å². The molecule has 1 N–H and O–H groups in total. The Morgan fingerprint density at radius 3 is 2.56 bits per heavy atom.